The van der Waals surface area contributed by atoms with Crippen molar-refractivity contribution in [1.29, 1.82) is 5.26 Å². The van der Waals surface area contributed by atoms with Crippen LogP contribution < -0.4 is 14.8 Å². The Morgan fingerprint density at radius 1 is 1.15 bits per heavy atom. The molecule has 5 nitrogen and oxygen atoms in total. The zero-order valence-electron chi connectivity index (χ0n) is 15.7. The van der Waals surface area contributed by atoms with Gasteiger partial charge in [-0.15, -0.1) is 0 Å². The Hall–Kier alpha value is -2.97. The van der Waals surface area contributed by atoms with Crippen LogP contribution in [-0.2, 0) is 4.79 Å². The molecule has 0 unspecified atom stereocenters. The topological polar surface area (TPSA) is 71.3 Å². The predicted molar refractivity (Wildman–Crippen MR) is 107 cm³/mol. The van der Waals surface area contributed by atoms with E-state index in [0.717, 1.165) is 5.56 Å². The molecule has 0 fully saturated rings. The van der Waals surface area contributed by atoms with Crippen molar-refractivity contribution < 1.29 is 14.3 Å². The zero-order valence-corrected chi connectivity index (χ0v) is 16.4. The molecule has 2 aromatic rings. The second-order valence-electron chi connectivity index (χ2n) is 6.13. The number of anilines is 1. The molecular formula is C21H21ClN2O3. The summed E-state index contributed by atoms with van der Waals surface area (Å²) in [6.45, 7) is 4.21. The fourth-order valence-electron chi connectivity index (χ4n) is 2.44. The minimum absolute atomic E-state index is 0.0248. The molecule has 0 heterocycles. The van der Waals surface area contributed by atoms with Crippen molar-refractivity contribution in [2.24, 2.45) is 0 Å². The number of amides is 1. The van der Waals surface area contributed by atoms with E-state index in [9.17, 15) is 10.1 Å². The van der Waals surface area contributed by atoms with Crippen molar-refractivity contribution in [3.05, 3.63) is 58.1 Å². The molecule has 1 N–H and O–H groups in total. The molecule has 6 heteroatoms. The first kappa shape index (κ1) is 20.3. The van der Waals surface area contributed by atoms with Crippen molar-refractivity contribution >= 4 is 29.3 Å². The summed E-state index contributed by atoms with van der Waals surface area (Å²) in [7, 11) is 2.94. The lowest BCUT2D eigenvalue weighted by Crippen LogP contribution is -2.14. The maximum Gasteiger partial charge on any atom is 0.266 e. The number of nitrogens with zero attached hydrogens (tertiary/aromatic N) is 1. The summed E-state index contributed by atoms with van der Waals surface area (Å²) in [5, 5.41) is 12.4. The van der Waals surface area contributed by atoms with Crippen LogP contribution in [0.4, 0.5) is 5.69 Å². The van der Waals surface area contributed by atoms with E-state index < -0.39 is 5.91 Å². The third-order valence-electron chi connectivity index (χ3n) is 4.00. The average molecular weight is 385 g/mol. The average Bonchev–Trinajstić information content (AvgIpc) is 2.67. The van der Waals surface area contributed by atoms with Gasteiger partial charge in [0.25, 0.3) is 5.91 Å². The van der Waals surface area contributed by atoms with Gasteiger partial charge in [-0.2, -0.15) is 5.26 Å². The SMILES string of the molecule is COc1cc(NC(=O)C(C#N)=Cc2ccc(C(C)C)cc2)c(OC)cc1Cl. The number of carbonyl (C=O) groups is 1. The molecule has 0 aromatic heterocycles. The molecule has 0 aliphatic rings. The number of benzene rings is 2. The number of hydrogen-bond acceptors (Lipinski definition) is 4. The zero-order chi connectivity index (χ0) is 20.0. The van der Waals surface area contributed by atoms with E-state index in [2.05, 4.69) is 19.2 Å². The van der Waals surface area contributed by atoms with Gasteiger partial charge in [-0.1, -0.05) is 49.7 Å². The monoisotopic (exact) mass is 384 g/mol. The van der Waals surface area contributed by atoms with Crippen LogP contribution in [0.1, 0.15) is 30.9 Å². The van der Waals surface area contributed by atoms with Gasteiger partial charge < -0.3 is 14.8 Å². The summed E-state index contributed by atoms with van der Waals surface area (Å²) in [4.78, 5) is 12.5. The van der Waals surface area contributed by atoms with Gasteiger partial charge in [0.2, 0.25) is 0 Å². The van der Waals surface area contributed by atoms with E-state index in [1.54, 1.807) is 12.1 Å². The summed E-state index contributed by atoms with van der Waals surface area (Å²) in [6, 6.07) is 12.7. The van der Waals surface area contributed by atoms with Crippen LogP contribution >= 0.6 is 11.6 Å². The fraction of sp³-hybridized carbons (Fsp3) is 0.238. The van der Waals surface area contributed by atoms with E-state index in [1.807, 2.05) is 30.3 Å². The Bertz CT molecular complexity index is 897. The van der Waals surface area contributed by atoms with Crippen molar-refractivity contribution in [2.75, 3.05) is 19.5 Å². The van der Waals surface area contributed by atoms with Crippen LogP contribution in [0.15, 0.2) is 42.0 Å². The molecule has 0 bridgehead atoms. The van der Waals surface area contributed by atoms with Gasteiger partial charge in [-0.25, -0.2) is 0 Å². The van der Waals surface area contributed by atoms with Crippen LogP contribution in [0, 0.1) is 11.3 Å². The van der Waals surface area contributed by atoms with Crippen molar-refractivity contribution in [1.82, 2.24) is 0 Å². The second kappa shape index (κ2) is 9.11. The van der Waals surface area contributed by atoms with Crippen LogP contribution in [0.3, 0.4) is 0 Å². The van der Waals surface area contributed by atoms with E-state index >= 15 is 0 Å². The number of nitrogens with one attached hydrogen (secondary N) is 1. The number of carbonyl (C=O) groups excluding carboxylic acids is 1. The Labute approximate surface area is 164 Å². The van der Waals surface area contributed by atoms with E-state index in [4.69, 9.17) is 21.1 Å². The number of halogens is 1. The Balaban J connectivity index is 2.28. The smallest absolute Gasteiger partial charge is 0.266 e. The van der Waals surface area contributed by atoms with Crippen LogP contribution in [0.5, 0.6) is 11.5 Å². The fourth-order valence-corrected chi connectivity index (χ4v) is 2.67. The highest BCUT2D eigenvalue weighted by molar-refractivity contribution is 6.32. The number of hydrogen-bond donors (Lipinski definition) is 1. The minimum atomic E-state index is -0.548. The summed E-state index contributed by atoms with van der Waals surface area (Å²) < 4.78 is 10.4. The third-order valence-corrected chi connectivity index (χ3v) is 4.30. The highest BCUT2D eigenvalue weighted by Crippen LogP contribution is 2.36. The third kappa shape index (κ3) is 5.02. The van der Waals surface area contributed by atoms with Crippen molar-refractivity contribution in [3.63, 3.8) is 0 Å². The van der Waals surface area contributed by atoms with E-state index in [1.165, 1.54) is 25.8 Å². The van der Waals surface area contributed by atoms with Gasteiger partial charge in [0, 0.05) is 12.1 Å². The molecule has 140 valence electrons. The summed E-state index contributed by atoms with van der Waals surface area (Å²) in [5.41, 5.74) is 2.29. The minimum Gasteiger partial charge on any atom is -0.495 e. The Kier molecular flexibility index (Phi) is 6.86. The summed E-state index contributed by atoms with van der Waals surface area (Å²) in [6.07, 6.45) is 1.54. The quantitative estimate of drug-likeness (QED) is 0.560. The molecule has 0 aliphatic heterocycles. The van der Waals surface area contributed by atoms with Gasteiger partial charge in [0.15, 0.2) is 0 Å². The number of ether oxygens (including phenoxy) is 2. The molecule has 2 aromatic carbocycles. The highest BCUT2D eigenvalue weighted by Gasteiger charge is 2.15. The van der Waals surface area contributed by atoms with Gasteiger partial charge in [0.1, 0.15) is 23.1 Å². The lowest BCUT2D eigenvalue weighted by molar-refractivity contribution is -0.112. The Morgan fingerprint density at radius 2 is 1.78 bits per heavy atom. The van der Waals surface area contributed by atoms with E-state index in [-0.39, 0.29) is 5.57 Å². The van der Waals surface area contributed by atoms with Crippen molar-refractivity contribution in [3.8, 4) is 17.6 Å². The van der Waals surface area contributed by atoms with Crippen molar-refractivity contribution in [2.45, 2.75) is 19.8 Å². The molecule has 2 rings (SSSR count). The number of methoxy groups -OCH3 is 2. The first-order valence-electron chi connectivity index (χ1n) is 8.34. The number of nitriles is 1. The molecule has 0 saturated heterocycles. The molecule has 1 amide bonds. The van der Waals surface area contributed by atoms with Gasteiger partial charge in [-0.05, 0) is 23.1 Å². The molecule has 0 saturated carbocycles. The van der Waals surface area contributed by atoms with Gasteiger partial charge in [-0.3, -0.25) is 4.79 Å². The van der Waals surface area contributed by atoms with Crippen LogP contribution in [0.25, 0.3) is 6.08 Å². The lowest BCUT2D eigenvalue weighted by Gasteiger charge is -2.13. The molecule has 0 radical (unpaired) electrons. The molecule has 0 spiro atoms. The molecule has 0 aliphatic carbocycles. The largest absolute Gasteiger partial charge is 0.495 e. The molecule has 27 heavy (non-hydrogen) atoms. The predicted octanol–water partition coefficient (Wildman–Crippen LogP) is 5.03. The Morgan fingerprint density at radius 3 is 2.30 bits per heavy atom. The lowest BCUT2D eigenvalue weighted by atomic mass is 10.0. The molecular weight excluding hydrogens is 364 g/mol. The van der Waals surface area contributed by atoms with E-state index in [0.29, 0.717) is 28.1 Å². The van der Waals surface area contributed by atoms with Gasteiger partial charge in [0.05, 0.1) is 24.9 Å². The maximum atomic E-state index is 12.5. The molecule has 0 atom stereocenters. The van der Waals surface area contributed by atoms with Gasteiger partial charge >= 0.3 is 0 Å². The van der Waals surface area contributed by atoms with Crippen LogP contribution in [-0.4, -0.2) is 20.1 Å². The second-order valence-corrected chi connectivity index (χ2v) is 6.54. The summed E-state index contributed by atoms with van der Waals surface area (Å²) in [5.74, 6) is 0.620. The normalized spacial score (nSPS) is 11.1. The summed E-state index contributed by atoms with van der Waals surface area (Å²) >= 11 is 6.07. The maximum absolute atomic E-state index is 12.5. The number of rotatable bonds is 6. The highest BCUT2D eigenvalue weighted by atomic mass is 35.5. The standard InChI is InChI=1S/C21H21ClN2O3/c1-13(2)15-7-5-14(6-8-15)9-16(12-23)21(25)24-18-11-19(26-3)17(22)10-20(18)27-4/h5-11,13H,1-4H3,(H,24,25). The first-order chi connectivity index (χ1) is 12.9. The first-order valence-corrected chi connectivity index (χ1v) is 8.72. The van der Waals surface area contributed by atoms with Crippen LogP contribution in [0.2, 0.25) is 5.02 Å².